The minimum atomic E-state index is -1.26. The Hall–Kier alpha value is -4.30. The van der Waals surface area contributed by atoms with Gasteiger partial charge in [0.05, 0.1) is 39.6 Å². The maximum atomic E-state index is 14.5. The second kappa shape index (κ2) is 9.86. The zero-order valence-corrected chi connectivity index (χ0v) is 25.1. The van der Waals surface area contributed by atoms with Gasteiger partial charge in [-0.15, -0.1) is 0 Å². The maximum Gasteiger partial charge on any atom is 0.241 e. The summed E-state index contributed by atoms with van der Waals surface area (Å²) in [4.78, 5) is 58.9. The van der Waals surface area contributed by atoms with Gasteiger partial charge in [0, 0.05) is 5.92 Å². The van der Waals surface area contributed by atoms with Crippen LogP contribution in [0.5, 0.6) is 5.75 Å². The fourth-order valence-electron chi connectivity index (χ4n) is 8.25. The standard InChI is InChI=1S/C35H30ClFN2O5/c1-17-13-19(14-18(2)30(17)40)29-22-10-11-23-28(33(43)38(31(23)41)20-7-5-4-6-8-20)24(22)16-25-32(42)39(34(44)35(25,29)3)21-9-12-27(37)26(36)15-21/h4-10,12-15,23-25,28-29,40H,11,16H2,1-3H3. The zero-order valence-electron chi connectivity index (χ0n) is 24.4. The number of aryl methyl sites for hydroxylation is 2. The van der Waals surface area contributed by atoms with Crippen molar-refractivity contribution in [3.05, 3.63) is 99.8 Å². The van der Waals surface area contributed by atoms with E-state index < -0.39 is 52.6 Å². The molecule has 224 valence electrons. The molecular weight excluding hydrogens is 583 g/mol. The third-order valence-corrected chi connectivity index (χ3v) is 10.6. The highest BCUT2D eigenvalue weighted by molar-refractivity contribution is 6.32. The van der Waals surface area contributed by atoms with E-state index in [1.165, 1.54) is 17.0 Å². The number of carbonyl (C=O) groups excluding carboxylic acids is 4. The first-order valence-electron chi connectivity index (χ1n) is 14.7. The lowest BCUT2D eigenvalue weighted by Gasteiger charge is -2.49. The van der Waals surface area contributed by atoms with Crippen LogP contribution in [0.1, 0.15) is 42.4 Å². The summed E-state index contributed by atoms with van der Waals surface area (Å²) in [5.41, 5.74) is 2.27. The highest BCUT2D eigenvalue weighted by Gasteiger charge is 2.67. The van der Waals surface area contributed by atoms with E-state index in [9.17, 15) is 28.7 Å². The summed E-state index contributed by atoms with van der Waals surface area (Å²) in [5, 5.41) is 10.4. The number of benzene rings is 3. The van der Waals surface area contributed by atoms with Crippen LogP contribution in [-0.4, -0.2) is 28.7 Å². The molecule has 1 N–H and O–H groups in total. The number of carbonyl (C=O) groups is 4. The lowest BCUT2D eigenvalue weighted by Crippen LogP contribution is -2.49. The molecule has 2 aliphatic carbocycles. The predicted octanol–water partition coefficient (Wildman–Crippen LogP) is 6.24. The average molecular weight is 613 g/mol. The molecule has 1 saturated carbocycles. The first-order chi connectivity index (χ1) is 20.9. The molecular formula is C35H30ClFN2O5. The van der Waals surface area contributed by atoms with Crippen LogP contribution in [0.25, 0.3) is 0 Å². The number of aromatic hydroxyl groups is 1. The first-order valence-corrected chi connectivity index (χ1v) is 15.1. The van der Waals surface area contributed by atoms with Gasteiger partial charge in [0.2, 0.25) is 23.6 Å². The molecule has 6 atom stereocenters. The molecule has 3 aromatic carbocycles. The van der Waals surface area contributed by atoms with Crippen LogP contribution < -0.4 is 9.80 Å². The second-order valence-electron chi connectivity index (χ2n) is 12.6. The van der Waals surface area contributed by atoms with E-state index in [1.807, 2.05) is 24.3 Å². The number of hydrogen-bond donors (Lipinski definition) is 1. The summed E-state index contributed by atoms with van der Waals surface area (Å²) in [6.07, 6.45) is 2.52. The van der Waals surface area contributed by atoms with Gasteiger partial charge < -0.3 is 5.11 Å². The van der Waals surface area contributed by atoms with Crippen molar-refractivity contribution < 1.29 is 28.7 Å². The largest absolute Gasteiger partial charge is 0.507 e. The molecule has 3 fully saturated rings. The van der Waals surface area contributed by atoms with Gasteiger partial charge in [0.1, 0.15) is 11.6 Å². The topological polar surface area (TPSA) is 95.0 Å². The number of rotatable bonds is 3. The summed E-state index contributed by atoms with van der Waals surface area (Å²) in [5.74, 6) is -5.16. The van der Waals surface area contributed by atoms with E-state index in [4.69, 9.17) is 11.6 Å². The van der Waals surface area contributed by atoms with Crippen molar-refractivity contribution in [2.75, 3.05) is 9.80 Å². The van der Waals surface area contributed by atoms with Crippen LogP contribution in [0.3, 0.4) is 0 Å². The monoisotopic (exact) mass is 612 g/mol. The van der Waals surface area contributed by atoms with Gasteiger partial charge in [-0.3, -0.25) is 24.1 Å². The molecule has 0 spiro atoms. The van der Waals surface area contributed by atoms with Gasteiger partial charge in [0.15, 0.2) is 0 Å². The van der Waals surface area contributed by atoms with Crippen molar-refractivity contribution in [1.29, 1.82) is 0 Å². The molecule has 0 aromatic heterocycles. The number of imide groups is 2. The van der Waals surface area contributed by atoms with Crippen molar-refractivity contribution >= 4 is 46.6 Å². The molecule has 7 nitrogen and oxygen atoms in total. The van der Waals surface area contributed by atoms with Crippen molar-refractivity contribution in [1.82, 2.24) is 0 Å². The van der Waals surface area contributed by atoms with E-state index in [0.717, 1.165) is 22.1 Å². The first kappa shape index (κ1) is 28.5. The molecule has 4 amide bonds. The average Bonchev–Trinajstić information content (AvgIpc) is 3.37. The smallest absolute Gasteiger partial charge is 0.241 e. The van der Waals surface area contributed by atoms with Crippen molar-refractivity contribution in [3.8, 4) is 5.75 Å². The molecule has 9 heteroatoms. The molecule has 0 bridgehead atoms. The van der Waals surface area contributed by atoms with E-state index in [1.54, 1.807) is 45.0 Å². The minimum absolute atomic E-state index is 0.145. The number of anilines is 2. The van der Waals surface area contributed by atoms with E-state index >= 15 is 0 Å². The van der Waals surface area contributed by atoms with Crippen LogP contribution >= 0.6 is 11.6 Å². The second-order valence-corrected chi connectivity index (χ2v) is 13.0. The Balaban J connectivity index is 1.39. The molecule has 2 saturated heterocycles. The number of hydrogen-bond acceptors (Lipinski definition) is 5. The normalized spacial score (nSPS) is 29.5. The van der Waals surface area contributed by atoms with Crippen LogP contribution in [0, 0.1) is 48.8 Å². The van der Waals surface area contributed by atoms with Gasteiger partial charge >= 0.3 is 0 Å². The molecule has 44 heavy (non-hydrogen) atoms. The zero-order chi connectivity index (χ0) is 31.2. The van der Waals surface area contributed by atoms with Crippen LogP contribution in [0.15, 0.2) is 72.3 Å². The van der Waals surface area contributed by atoms with E-state index in [2.05, 4.69) is 0 Å². The molecule has 2 heterocycles. The Morgan fingerprint density at radius 2 is 1.55 bits per heavy atom. The quantitative estimate of drug-likeness (QED) is 0.279. The summed E-state index contributed by atoms with van der Waals surface area (Å²) in [6.45, 7) is 5.34. The maximum absolute atomic E-state index is 14.5. The summed E-state index contributed by atoms with van der Waals surface area (Å²) in [6, 6.07) is 16.3. The number of fused-ring (bicyclic) bond motifs is 4. The van der Waals surface area contributed by atoms with Crippen LogP contribution in [0.4, 0.5) is 15.8 Å². The fourth-order valence-corrected chi connectivity index (χ4v) is 8.43. The number of allylic oxidation sites excluding steroid dienone is 2. The Labute approximate surface area is 258 Å². The lowest BCUT2D eigenvalue weighted by atomic mass is 9.51. The Bertz CT molecular complexity index is 1800. The molecule has 0 radical (unpaired) electrons. The third-order valence-electron chi connectivity index (χ3n) is 10.3. The molecule has 3 aromatic rings. The summed E-state index contributed by atoms with van der Waals surface area (Å²) in [7, 11) is 0. The van der Waals surface area contributed by atoms with Gasteiger partial charge in [-0.25, -0.2) is 9.29 Å². The third kappa shape index (κ3) is 3.79. The van der Waals surface area contributed by atoms with Gasteiger partial charge in [-0.1, -0.05) is 53.6 Å². The predicted molar refractivity (Wildman–Crippen MR) is 163 cm³/mol. The minimum Gasteiger partial charge on any atom is -0.507 e. The summed E-state index contributed by atoms with van der Waals surface area (Å²) < 4.78 is 14.1. The van der Waals surface area contributed by atoms with Gasteiger partial charge in [0.25, 0.3) is 0 Å². The lowest BCUT2D eigenvalue weighted by molar-refractivity contribution is -0.131. The highest BCUT2D eigenvalue weighted by Crippen LogP contribution is 2.64. The van der Waals surface area contributed by atoms with Crippen molar-refractivity contribution in [3.63, 3.8) is 0 Å². The SMILES string of the molecule is Cc1cc(C2C3=CCC4C(=O)N(c5ccccc5)C(=O)C4C3CC3C(=O)N(c4ccc(F)c(Cl)c4)C(=O)C32C)cc(C)c1O. The van der Waals surface area contributed by atoms with Gasteiger partial charge in [-0.2, -0.15) is 0 Å². The van der Waals surface area contributed by atoms with Crippen molar-refractivity contribution in [2.45, 2.75) is 39.5 Å². The number of phenolic OH excluding ortho intramolecular Hbond substituents is 1. The number of amides is 4. The van der Waals surface area contributed by atoms with E-state index in [0.29, 0.717) is 23.2 Å². The fraction of sp³-hybridized carbons (Fsp3) is 0.314. The number of nitrogens with zero attached hydrogens (tertiary/aromatic N) is 2. The Kier molecular flexibility index (Phi) is 6.38. The number of phenols is 1. The molecule has 4 aliphatic rings. The van der Waals surface area contributed by atoms with Crippen molar-refractivity contribution in [2.24, 2.45) is 29.1 Å². The Morgan fingerprint density at radius 1 is 0.864 bits per heavy atom. The van der Waals surface area contributed by atoms with Crippen LogP contribution in [-0.2, 0) is 19.2 Å². The molecule has 2 aliphatic heterocycles. The highest BCUT2D eigenvalue weighted by atomic mass is 35.5. The summed E-state index contributed by atoms with van der Waals surface area (Å²) >= 11 is 6.07. The number of para-hydroxylation sites is 1. The van der Waals surface area contributed by atoms with E-state index in [-0.39, 0.29) is 34.7 Å². The Morgan fingerprint density at radius 3 is 2.20 bits per heavy atom. The molecule has 7 rings (SSSR count). The van der Waals surface area contributed by atoms with Gasteiger partial charge in [-0.05, 0) is 86.6 Å². The molecule has 6 unspecified atom stereocenters. The van der Waals surface area contributed by atoms with Crippen LogP contribution in [0.2, 0.25) is 5.02 Å². The number of halogens is 2.